The second kappa shape index (κ2) is 5.27. The third-order valence-electron chi connectivity index (χ3n) is 4.38. The number of nitrogens with zero attached hydrogens (tertiary/aromatic N) is 1. The number of hydrogen-bond donors (Lipinski definition) is 1. The molecule has 1 aromatic rings. The molecule has 1 aliphatic rings. The molecule has 1 aromatic carbocycles. The van der Waals surface area contributed by atoms with Crippen LogP contribution in [0.15, 0.2) is 18.2 Å². The first kappa shape index (κ1) is 13.3. The normalized spacial score (nSPS) is 19.9. The van der Waals surface area contributed by atoms with Gasteiger partial charge in [-0.05, 0) is 37.4 Å². The molecule has 0 aliphatic carbocycles. The Morgan fingerprint density at radius 3 is 2.61 bits per heavy atom. The van der Waals surface area contributed by atoms with E-state index in [1.165, 1.54) is 25.3 Å². The second-order valence-electron chi connectivity index (χ2n) is 5.69. The van der Waals surface area contributed by atoms with Gasteiger partial charge in [-0.25, -0.2) is 4.39 Å². The molecule has 100 valence electrons. The maximum atomic E-state index is 13.2. The van der Waals surface area contributed by atoms with Gasteiger partial charge in [0, 0.05) is 12.1 Å². The van der Waals surface area contributed by atoms with Crippen molar-refractivity contribution in [1.82, 2.24) is 4.90 Å². The number of likely N-dealkylation sites (tertiary alicyclic amines) is 1. The largest absolute Gasteiger partial charge is 0.505 e. The van der Waals surface area contributed by atoms with Crippen molar-refractivity contribution in [2.24, 2.45) is 5.41 Å². The molecule has 0 bridgehead atoms. The summed E-state index contributed by atoms with van der Waals surface area (Å²) >= 11 is 0. The van der Waals surface area contributed by atoms with Crippen molar-refractivity contribution >= 4 is 0 Å². The Hall–Kier alpha value is -1.09. The minimum Gasteiger partial charge on any atom is -0.505 e. The number of hydrogen-bond acceptors (Lipinski definition) is 2. The number of benzene rings is 1. The highest BCUT2D eigenvalue weighted by atomic mass is 19.1. The molecule has 0 unspecified atom stereocenters. The van der Waals surface area contributed by atoms with E-state index in [9.17, 15) is 9.50 Å². The van der Waals surface area contributed by atoms with Crippen molar-refractivity contribution < 1.29 is 9.50 Å². The minimum atomic E-state index is -0.525. The van der Waals surface area contributed by atoms with E-state index in [1.807, 2.05) is 0 Å². The van der Waals surface area contributed by atoms with Gasteiger partial charge in [0.1, 0.15) is 0 Å². The Bertz CT molecular complexity index is 411. The fourth-order valence-corrected chi connectivity index (χ4v) is 2.53. The van der Waals surface area contributed by atoms with Gasteiger partial charge in [-0.2, -0.15) is 0 Å². The van der Waals surface area contributed by atoms with Gasteiger partial charge < -0.3 is 5.11 Å². The molecule has 0 aromatic heterocycles. The predicted octanol–water partition coefficient (Wildman–Crippen LogP) is 3.54. The van der Waals surface area contributed by atoms with E-state index < -0.39 is 5.82 Å². The SMILES string of the molecule is CCC1(C)CCN(Cc2cccc(F)c2O)CC1. The van der Waals surface area contributed by atoms with E-state index in [2.05, 4.69) is 18.7 Å². The van der Waals surface area contributed by atoms with Crippen molar-refractivity contribution in [3.63, 3.8) is 0 Å². The van der Waals surface area contributed by atoms with Gasteiger partial charge in [0.2, 0.25) is 0 Å². The number of phenolic OH excluding ortho intramolecular Hbond substituents is 1. The Morgan fingerprint density at radius 1 is 1.33 bits per heavy atom. The van der Waals surface area contributed by atoms with Crippen molar-refractivity contribution in [3.8, 4) is 5.75 Å². The van der Waals surface area contributed by atoms with Gasteiger partial charge in [-0.15, -0.1) is 0 Å². The Balaban J connectivity index is 1.98. The summed E-state index contributed by atoms with van der Waals surface area (Å²) in [6.45, 7) is 7.28. The average molecular weight is 251 g/mol. The molecule has 2 rings (SSSR count). The zero-order chi connectivity index (χ0) is 13.2. The molecule has 1 heterocycles. The number of rotatable bonds is 3. The molecular weight excluding hydrogens is 229 g/mol. The van der Waals surface area contributed by atoms with E-state index in [4.69, 9.17) is 0 Å². The first-order chi connectivity index (χ1) is 8.54. The fourth-order valence-electron chi connectivity index (χ4n) is 2.53. The van der Waals surface area contributed by atoms with Crippen molar-refractivity contribution in [1.29, 1.82) is 0 Å². The van der Waals surface area contributed by atoms with E-state index in [1.54, 1.807) is 12.1 Å². The van der Waals surface area contributed by atoms with Gasteiger partial charge in [0.15, 0.2) is 11.6 Å². The molecule has 1 saturated heterocycles. The maximum Gasteiger partial charge on any atom is 0.165 e. The van der Waals surface area contributed by atoms with Gasteiger partial charge in [-0.3, -0.25) is 4.90 Å². The van der Waals surface area contributed by atoms with E-state index >= 15 is 0 Å². The van der Waals surface area contributed by atoms with Crippen LogP contribution >= 0.6 is 0 Å². The van der Waals surface area contributed by atoms with Gasteiger partial charge in [-0.1, -0.05) is 32.4 Å². The van der Waals surface area contributed by atoms with Crippen molar-refractivity contribution in [2.45, 2.75) is 39.7 Å². The van der Waals surface area contributed by atoms with E-state index in [-0.39, 0.29) is 5.75 Å². The number of halogens is 1. The lowest BCUT2D eigenvalue weighted by Crippen LogP contribution is -2.37. The third kappa shape index (κ3) is 2.83. The van der Waals surface area contributed by atoms with Crippen LogP contribution in [-0.4, -0.2) is 23.1 Å². The molecule has 0 spiro atoms. The molecule has 18 heavy (non-hydrogen) atoms. The number of para-hydroxylation sites is 1. The smallest absolute Gasteiger partial charge is 0.165 e. The number of phenols is 1. The van der Waals surface area contributed by atoms with Crippen LogP contribution in [-0.2, 0) is 6.54 Å². The van der Waals surface area contributed by atoms with Gasteiger partial charge in [0.25, 0.3) is 0 Å². The van der Waals surface area contributed by atoms with Gasteiger partial charge in [0.05, 0.1) is 0 Å². The van der Waals surface area contributed by atoms with Crippen LogP contribution in [0.25, 0.3) is 0 Å². The Morgan fingerprint density at radius 2 is 2.00 bits per heavy atom. The lowest BCUT2D eigenvalue weighted by Gasteiger charge is -2.39. The van der Waals surface area contributed by atoms with Crippen LogP contribution in [0.1, 0.15) is 38.7 Å². The van der Waals surface area contributed by atoms with E-state index in [0.29, 0.717) is 17.5 Å². The topological polar surface area (TPSA) is 23.5 Å². The average Bonchev–Trinajstić information content (AvgIpc) is 2.38. The number of piperidine rings is 1. The molecule has 3 heteroatoms. The van der Waals surface area contributed by atoms with Crippen LogP contribution in [0.4, 0.5) is 4.39 Å². The first-order valence-electron chi connectivity index (χ1n) is 6.73. The molecule has 0 saturated carbocycles. The van der Waals surface area contributed by atoms with E-state index in [0.717, 1.165) is 13.1 Å². The molecule has 2 nitrogen and oxygen atoms in total. The zero-order valence-electron chi connectivity index (χ0n) is 11.2. The predicted molar refractivity (Wildman–Crippen MR) is 71.0 cm³/mol. The summed E-state index contributed by atoms with van der Waals surface area (Å²) in [5.74, 6) is -0.718. The summed E-state index contributed by atoms with van der Waals surface area (Å²) in [6, 6.07) is 4.75. The highest BCUT2D eigenvalue weighted by molar-refractivity contribution is 5.33. The van der Waals surface area contributed by atoms with Crippen LogP contribution in [0, 0.1) is 11.2 Å². The summed E-state index contributed by atoms with van der Waals surface area (Å²) in [4.78, 5) is 2.30. The summed E-state index contributed by atoms with van der Waals surface area (Å²) in [7, 11) is 0. The second-order valence-corrected chi connectivity index (χ2v) is 5.69. The maximum absolute atomic E-state index is 13.2. The van der Waals surface area contributed by atoms with Crippen LogP contribution in [0.3, 0.4) is 0 Å². The molecule has 0 radical (unpaired) electrons. The lowest BCUT2D eigenvalue weighted by atomic mass is 9.78. The van der Waals surface area contributed by atoms with Crippen LogP contribution in [0.5, 0.6) is 5.75 Å². The summed E-state index contributed by atoms with van der Waals surface area (Å²) < 4.78 is 13.2. The van der Waals surface area contributed by atoms with Crippen LogP contribution < -0.4 is 0 Å². The van der Waals surface area contributed by atoms with Gasteiger partial charge >= 0.3 is 0 Å². The zero-order valence-corrected chi connectivity index (χ0v) is 11.2. The quantitative estimate of drug-likeness (QED) is 0.888. The fraction of sp³-hybridized carbons (Fsp3) is 0.600. The first-order valence-corrected chi connectivity index (χ1v) is 6.73. The molecule has 1 aliphatic heterocycles. The third-order valence-corrected chi connectivity index (χ3v) is 4.38. The summed E-state index contributed by atoms with van der Waals surface area (Å²) in [6.07, 6.45) is 3.57. The molecular formula is C15H22FNO. The molecule has 1 N–H and O–H groups in total. The highest BCUT2D eigenvalue weighted by Crippen LogP contribution is 2.34. The molecule has 0 atom stereocenters. The Kier molecular flexibility index (Phi) is 3.91. The monoisotopic (exact) mass is 251 g/mol. The lowest BCUT2D eigenvalue weighted by molar-refractivity contribution is 0.109. The molecule has 1 fully saturated rings. The summed E-state index contributed by atoms with van der Waals surface area (Å²) in [5, 5.41) is 9.68. The number of aromatic hydroxyl groups is 1. The minimum absolute atomic E-state index is 0.193. The molecule has 0 amide bonds. The van der Waals surface area contributed by atoms with Crippen molar-refractivity contribution in [2.75, 3.05) is 13.1 Å². The van der Waals surface area contributed by atoms with Crippen molar-refractivity contribution in [3.05, 3.63) is 29.6 Å². The summed E-state index contributed by atoms with van der Waals surface area (Å²) in [5.41, 5.74) is 1.15. The van der Waals surface area contributed by atoms with Crippen LogP contribution in [0.2, 0.25) is 0 Å². The Labute approximate surface area is 108 Å². The standard InChI is InChI=1S/C15H22FNO/c1-3-15(2)7-9-17(10-8-15)11-12-5-4-6-13(16)14(12)18/h4-6,18H,3,7-11H2,1-2H3. The highest BCUT2D eigenvalue weighted by Gasteiger charge is 2.28.